The Hall–Kier alpha value is -4.32. The summed E-state index contributed by atoms with van der Waals surface area (Å²) >= 11 is 0. The number of methoxy groups -OCH3 is 1. The van der Waals surface area contributed by atoms with E-state index in [1.165, 1.54) is 12.0 Å². The molecule has 288 valence electrons. The van der Waals surface area contributed by atoms with E-state index < -0.39 is 87.8 Å². The Labute approximate surface area is 301 Å². The first kappa shape index (κ1) is 40.5. The molecule has 1 aliphatic heterocycles. The van der Waals surface area contributed by atoms with Gasteiger partial charge >= 0.3 is 16.4 Å². The summed E-state index contributed by atoms with van der Waals surface area (Å²) < 4.78 is 72.6. The number of nitrogens with one attached hydrogen (secondary N) is 3. The lowest BCUT2D eigenvalue weighted by atomic mass is 9.85. The first-order valence-electron chi connectivity index (χ1n) is 16.8. The van der Waals surface area contributed by atoms with Gasteiger partial charge in [0.25, 0.3) is 12.3 Å². The van der Waals surface area contributed by atoms with Gasteiger partial charge in [0.05, 0.1) is 13.7 Å². The molecule has 15 nitrogen and oxygen atoms in total. The smallest absolute Gasteiger partial charge is 0.408 e. The molecular formula is C34H47F2N5O10S. The SMILES string of the molecule is CC[C@@H]1C[C@]1(NC(=O)[C@@H]1C[C@@H](Oc2nccc3cc(OC)ccc23)CN1C(=O)[C@@H](NC(=O)OC(C)(C)C)C(C)(C)C)C(=O)NS(=O)(=O)OCC(F)F. The van der Waals surface area contributed by atoms with Gasteiger partial charge in [-0.1, -0.05) is 34.1 Å². The number of hydrogen-bond acceptors (Lipinski definition) is 11. The molecule has 0 unspecified atom stereocenters. The number of alkyl halides is 2. The Morgan fingerprint density at radius 1 is 1.10 bits per heavy atom. The molecule has 1 aliphatic carbocycles. The Balaban J connectivity index is 1.65. The molecule has 1 saturated heterocycles. The minimum Gasteiger partial charge on any atom is -0.497 e. The van der Waals surface area contributed by atoms with Gasteiger partial charge in [-0.25, -0.2) is 27.5 Å². The topological polar surface area (TPSA) is 192 Å². The molecule has 1 saturated carbocycles. The van der Waals surface area contributed by atoms with Crippen molar-refractivity contribution in [1.29, 1.82) is 0 Å². The zero-order valence-corrected chi connectivity index (χ0v) is 31.3. The van der Waals surface area contributed by atoms with Gasteiger partial charge in [-0.3, -0.25) is 14.4 Å². The van der Waals surface area contributed by atoms with Crippen LogP contribution in [-0.2, 0) is 33.6 Å². The second kappa shape index (κ2) is 15.3. The first-order chi connectivity index (χ1) is 24.1. The van der Waals surface area contributed by atoms with Crippen molar-refractivity contribution in [1.82, 2.24) is 25.2 Å². The van der Waals surface area contributed by atoms with Crippen molar-refractivity contribution in [2.45, 2.75) is 103 Å². The van der Waals surface area contributed by atoms with E-state index in [-0.39, 0.29) is 25.3 Å². The number of aromatic nitrogens is 1. The molecule has 5 atom stereocenters. The van der Waals surface area contributed by atoms with Gasteiger partial charge in [0.1, 0.15) is 41.7 Å². The van der Waals surface area contributed by atoms with Gasteiger partial charge in [-0.2, -0.15) is 8.42 Å². The maximum Gasteiger partial charge on any atom is 0.408 e. The van der Waals surface area contributed by atoms with Crippen LogP contribution in [-0.4, -0.2) is 98.1 Å². The molecular weight excluding hydrogens is 708 g/mol. The van der Waals surface area contributed by atoms with Gasteiger partial charge in [-0.05, 0) is 68.2 Å². The highest BCUT2D eigenvalue weighted by Crippen LogP contribution is 2.46. The van der Waals surface area contributed by atoms with Gasteiger partial charge in [0, 0.05) is 18.0 Å². The summed E-state index contributed by atoms with van der Waals surface area (Å²) in [5.41, 5.74) is -3.47. The summed E-state index contributed by atoms with van der Waals surface area (Å²) in [5, 5.41) is 6.70. The summed E-state index contributed by atoms with van der Waals surface area (Å²) in [7, 11) is -3.39. The number of halogens is 2. The van der Waals surface area contributed by atoms with Crippen LogP contribution in [0, 0.1) is 11.3 Å². The molecule has 2 aliphatic rings. The van der Waals surface area contributed by atoms with Crippen LogP contribution in [0.15, 0.2) is 30.5 Å². The molecule has 1 aromatic carbocycles. The number of carbonyl (C=O) groups is 4. The van der Waals surface area contributed by atoms with Gasteiger partial charge in [0.15, 0.2) is 0 Å². The molecule has 0 bridgehead atoms. The van der Waals surface area contributed by atoms with Crippen molar-refractivity contribution >= 4 is 44.9 Å². The Morgan fingerprint density at radius 3 is 2.37 bits per heavy atom. The molecule has 3 N–H and O–H groups in total. The number of pyridine rings is 1. The average molecular weight is 756 g/mol. The van der Waals surface area contributed by atoms with Crippen molar-refractivity contribution < 1.29 is 54.8 Å². The Morgan fingerprint density at radius 2 is 1.79 bits per heavy atom. The summed E-state index contributed by atoms with van der Waals surface area (Å²) in [4.78, 5) is 60.4. The normalized spacial score (nSPS) is 22.4. The highest BCUT2D eigenvalue weighted by atomic mass is 32.2. The number of ether oxygens (including phenoxy) is 3. The number of likely N-dealkylation sites (tertiary alicyclic amines) is 1. The number of nitrogens with zero attached hydrogens (tertiary/aromatic N) is 2. The van der Waals surface area contributed by atoms with Crippen LogP contribution in [0.2, 0.25) is 0 Å². The molecule has 0 spiro atoms. The lowest BCUT2D eigenvalue weighted by Gasteiger charge is -2.36. The number of carbonyl (C=O) groups excluding carboxylic acids is 4. The Bertz CT molecular complexity index is 1780. The minimum atomic E-state index is -4.93. The third kappa shape index (κ3) is 9.76. The van der Waals surface area contributed by atoms with Gasteiger partial charge in [-0.15, -0.1) is 0 Å². The zero-order chi connectivity index (χ0) is 38.8. The monoisotopic (exact) mass is 755 g/mol. The molecule has 4 rings (SSSR count). The van der Waals surface area contributed by atoms with Crippen molar-refractivity contribution in [3.63, 3.8) is 0 Å². The highest BCUT2D eigenvalue weighted by molar-refractivity contribution is 7.85. The summed E-state index contributed by atoms with van der Waals surface area (Å²) in [6.07, 6.45) is -2.89. The highest BCUT2D eigenvalue weighted by Gasteiger charge is 2.62. The van der Waals surface area contributed by atoms with Crippen LogP contribution < -0.4 is 24.8 Å². The van der Waals surface area contributed by atoms with E-state index >= 15 is 0 Å². The molecule has 18 heteroatoms. The van der Waals surface area contributed by atoms with E-state index in [4.69, 9.17) is 14.2 Å². The number of hydrogen-bond donors (Lipinski definition) is 3. The summed E-state index contributed by atoms with van der Waals surface area (Å²) in [5.74, 6) is -2.26. The van der Waals surface area contributed by atoms with Crippen molar-refractivity contribution in [3.8, 4) is 11.6 Å². The largest absolute Gasteiger partial charge is 0.497 e. The second-order valence-electron chi connectivity index (χ2n) is 15.0. The number of benzene rings is 1. The summed E-state index contributed by atoms with van der Waals surface area (Å²) in [6, 6.07) is 4.62. The number of rotatable bonds is 13. The quantitative estimate of drug-likeness (QED) is 0.271. The molecule has 2 aromatic rings. The minimum absolute atomic E-state index is 0.0419. The van der Waals surface area contributed by atoms with Gasteiger partial charge in [0.2, 0.25) is 17.7 Å². The van der Waals surface area contributed by atoms with Crippen LogP contribution in [0.1, 0.15) is 67.7 Å². The van der Waals surface area contributed by atoms with Crippen LogP contribution in [0.4, 0.5) is 13.6 Å². The maximum absolute atomic E-state index is 14.4. The first-order valence-corrected chi connectivity index (χ1v) is 18.2. The molecule has 4 amide bonds. The van der Waals surface area contributed by atoms with Crippen LogP contribution in [0.3, 0.4) is 0 Å². The third-order valence-corrected chi connectivity index (χ3v) is 9.63. The average Bonchev–Trinajstić information content (AvgIpc) is 3.59. The van der Waals surface area contributed by atoms with Crippen molar-refractivity contribution in [3.05, 3.63) is 30.5 Å². The molecule has 1 aromatic heterocycles. The van der Waals surface area contributed by atoms with Crippen LogP contribution >= 0.6 is 0 Å². The fourth-order valence-electron chi connectivity index (χ4n) is 6.11. The second-order valence-corrected chi connectivity index (χ2v) is 16.3. The maximum atomic E-state index is 14.4. The van der Waals surface area contributed by atoms with E-state index in [2.05, 4.69) is 19.8 Å². The van der Waals surface area contributed by atoms with Crippen LogP contribution in [0.25, 0.3) is 10.8 Å². The standard InChI is InChI=1S/C34H47F2N5O10S/c1-9-20-16-34(20,30(44)40-52(46,47)49-18-25(35)36)39-27(42)24-15-22(50-28-23-11-10-21(48-8)14-19(23)12-13-37-28)17-41(24)29(43)26(32(2,3)4)38-31(45)51-33(5,6)7/h10-14,20,22,24-26H,9,15-18H2,1-8H3,(H,38,45)(H,39,42)(H,40,44)/t20-,22-,24+,26-,34-/m1/s1. The zero-order valence-electron chi connectivity index (χ0n) is 30.5. The van der Waals surface area contributed by atoms with Crippen molar-refractivity contribution in [2.75, 3.05) is 20.3 Å². The van der Waals surface area contributed by atoms with Crippen molar-refractivity contribution in [2.24, 2.45) is 11.3 Å². The molecule has 2 heterocycles. The Kier molecular flexibility index (Phi) is 11.9. The number of alkyl carbamates (subject to hydrolysis) is 1. The molecule has 52 heavy (non-hydrogen) atoms. The van der Waals surface area contributed by atoms with Gasteiger partial charge < -0.3 is 29.7 Å². The lowest BCUT2D eigenvalue weighted by Crippen LogP contribution is -2.60. The number of fused-ring (bicyclic) bond motifs is 1. The fourth-order valence-corrected chi connectivity index (χ4v) is 6.86. The van der Waals surface area contributed by atoms with E-state index in [1.54, 1.807) is 83.7 Å². The molecule has 2 fully saturated rings. The fraction of sp³-hybridized carbons (Fsp3) is 0.618. The lowest BCUT2D eigenvalue weighted by molar-refractivity contribution is -0.143. The van der Waals surface area contributed by atoms with E-state index in [0.717, 1.165) is 5.39 Å². The predicted octanol–water partition coefficient (Wildman–Crippen LogP) is 3.46. The van der Waals surface area contributed by atoms with Crippen LogP contribution in [0.5, 0.6) is 11.6 Å². The third-order valence-electron chi connectivity index (χ3n) is 8.75. The van der Waals surface area contributed by atoms with E-state index in [9.17, 15) is 36.4 Å². The predicted molar refractivity (Wildman–Crippen MR) is 184 cm³/mol. The van der Waals surface area contributed by atoms with E-state index in [1.807, 2.05) is 0 Å². The summed E-state index contributed by atoms with van der Waals surface area (Å²) in [6.45, 7) is 10.3. The number of amides is 4. The van der Waals surface area contributed by atoms with E-state index in [0.29, 0.717) is 17.6 Å². The molecule has 0 radical (unpaired) electrons.